The van der Waals surface area contributed by atoms with E-state index < -0.39 is 0 Å². The Morgan fingerprint density at radius 2 is 2.33 bits per heavy atom. The third kappa shape index (κ3) is 2.43. The van der Waals surface area contributed by atoms with Gasteiger partial charge in [-0.05, 0) is 19.1 Å². The highest BCUT2D eigenvalue weighted by Gasteiger charge is 2.10. The second-order valence-electron chi connectivity index (χ2n) is 3.92. The van der Waals surface area contributed by atoms with Crippen LogP contribution in [0.1, 0.15) is 24.1 Å². The first-order valence-corrected chi connectivity index (χ1v) is 5.58. The van der Waals surface area contributed by atoms with Crippen LogP contribution >= 0.6 is 0 Å². The number of hydrogen-bond donors (Lipinski definition) is 2. The highest BCUT2D eigenvalue weighted by atomic mass is 16.5. The van der Waals surface area contributed by atoms with E-state index in [2.05, 4.69) is 21.6 Å². The minimum absolute atomic E-state index is 0.0583. The van der Waals surface area contributed by atoms with E-state index in [0.717, 1.165) is 17.0 Å². The molecule has 2 aromatic rings. The molecule has 0 spiro atoms. The molecule has 1 heterocycles. The number of nitrogens with zero attached hydrogens (tertiary/aromatic N) is 2. The molecule has 0 aliphatic carbocycles. The predicted molar refractivity (Wildman–Crippen MR) is 68.3 cm³/mol. The Morgan fingerprint density at radius 1 is 1.50 bits per heavy atom. The molecule has 0 radical (unpaired) electrons. The van der Waals surface area contributed by atoms with Crippen LogP contribution in [-0.4, -0.2) is 17.3 Å². The van der Waals surface area contributed by atoms with Crippen molar-refractivity contribution in [2.75, 3.05) is 12.4 Å². The number of H-pyrrole nitrogens is 1. The highest BCUT2D eigenvalue weighted by Crippen LogP contribution is 2.25. The van der Waals surface area contributed by atoms with Gasteiger partial charge in [0.25, 0.3) is 0 Å². The number of nitriles is 1. The van der Waals surface area contributed by atoms with Gasteiger partial charge in [-0.3, -0.25) is 5.10 Å². The van der Waals surface area contributed by atoms with Crippen LogP contribution < -0.4 is 10.1 Å². The van der Waals surface area contributed by atoms with Crippen molar-refractivity contribution in [3.05, 3.63) is 41.7 Å². The fraction of sp³-hybridized carbons (Fsp3) is 0.231. The monoisotopic (exact) mass is 242 g/mol. The summed E-state index contributed by atoms with van der Waals surface area (Å²) in [6, 6.07) is 7.54. The second-order valence-corrected chi connectivity index (χ2v) is 3.92. The van der Waals surface area contributed by atoms with Crippen LogP contribution in [0.2, 0.25) is 0 Å². The number of anilines is 1. The van der Waals surface area contributed by atoms with Gasteiger partial charge < -0.3 is 10.1 Å². The number of hydrogen-bond acceptors (Lipinski definition) is 4. The Bertz CT molecular complexity index is 557. The molecular formula is C13H14N4O. The molecule has 0 fully saturated rings. The molecule has 0 saturated carbocycles. The average Bonchev–Trinajstić information content (AvgIpc) is 2.92. The number of rotatable bonds is 4. The summed E-state index contributed by atoms with van der Waals surface area (Å²) in [6.45, 7) is 2.01. The lowest BCUT2D eigenvalue weighted by Gasteiger charge is -2.15. The summed E-state index contributed by atoms with van der Waals surface area (Å²) in [5.41, 5.74) is 2.37. The largest absolute Gasteiger partial charge is 0.497 e. The highest BCUT2D eigenvalue weighted by molar-refractivity contribution is 5.61. The van der Waals surface area contributed by atoms with Crippen molar-refractivity contribution >= 4 is 5.69 Å². The number of nitrogens with one attached hydrogen (secondary N) is 2. The summed E-state index contributed by atoms with van der Waals surface area (Å²) in [6.07, 6.45) is 3.58. The molecule has 5 nitrogen and oxygen atoms in total. The molecule has 1 unspecified atom stereocenters. The molecule has 0 aliphatic rings. The maximum Gasteiger partial charge on any atom is 0.121 e. The SMILES string of the molecule is COc1ccc(C#N)c(NC(C)c2cn[nH]c2)c1. The first-order valence-electron chi connectivity index (χ1n) is 5.58. The Labute approximate surface area is 105 Å². The van der Waals surface area contributed by atoms with E-state index in [4.69, 9.17) is 10.00 Å². The summed E-state index contributed by atoms with van der Waals surface area (Å²) >= 11 is 0. The zero-order valence-corrected chi connectivity index (χ0v) is 10.3. The minimum Gasteiger partial charge on any atom is -0.497 e. The summed E-state index contributed by atoms with van der Waals surface area (Å²) < 4.78 is 5.16. The van der Waals surface area contributed by atoms with Gasteiger partial charge in [0.1, 0.15) is 11.8 Å². The van der Waals surface area contributed by atoms with Gasteiger partial charge in [-0.2, -0.15) is 10.4 Å². The first-order chi connectivity index (χ1) is 8.74. The van der Waals surface area contributed by atoms with Crippen molar-refractivity contribution in [1.29, 1.82) is 5.26 Å². The van der Waals surface area contributed by atoms with Gasteiger partial charge in [0.15, 0.2) is 0 Å². The van der Waals surface area contributed by atoms with Gasteiger partial charge in [-0.15, -0.1) is 0 Å². The van der Waals surface area contributed by atoms with Crippen molar-refractivity contribution < 1.29 is 4.74 Å². The molecule has 1 aromatic heterocycles. The van der Waals surface area contributed by atoms with Crippen LogP contribution in [0.15, 0.2) is 30.6 Å². The average molecular weight is 242 g/mol. The van der Waals surface area contributed by atoms with Crippen LogP contribution in [0.25, 0.3) is 0 Å². The molecule has 0 amide bonds. The van der Waals surface area contributed by atoms with Crippen molar-refractivity contribution in [1.82, 2.24) is 10.2 Å². The van der Waals surface area contributed by atoms with E-state index in [1.165, 1.54) is 0 Å². The molecule has 1 aromatic carbocycles. The third-order valence-corrected chi connectivity index (χ3v) is 2.74. The van der Waals surface area contributed by atoms with Crippen molar-refractivity contribution in [3.63, 3.8) is 0 Å². The molecule has 5 heteroatoms. The van der Waals surface area contributed by atoms with Crippen molar-refractivity contribution in [2.45, 2.75) is 13.0 Å². The molecular weight excluding hydrogens is 228 g/mol. The first kappa shape index (κ1) is 12.0. The van der Waals surface area contributed by atoms with Crippen LogP contribution in [0.5, 0.6) is 5.75 Å². The quantitative estimate of drug-likeness (QED) is 0.863. The van der Waals surface area contributed by atoms with E-state index in [9.17, 15) is 0 Å². The standard InChI is InChI=1S/C13H14N4O/c1-9(11-7-15-16-8-11)17-13-5-12(18-2)4-3-10(13)6-14/h3-5,7-9,17H,1-2H3,(H,15,16). The molecule has 18 heavy (non-hydrogen) atoms. The number of methoxy groups -OCH3 is 1. The number of aromatic amines is 1. The Morgan fingerprint density at radius 3 is 2.94 bits per heavy atom. The van der Waals surface area contributed by atoms with Gasteiger partial charge in [-0.25, -0.2) is 0 Å². The van der Waals surface area contributed by atoms with E-state index >= 15 is 0 Å². The lowest BCUT2D eigenvalue weighted by atomic mass is 10.1. The van der Waals surface area contributed by atoms with E-state index in [-0.39, 0.29) is 6.04 Å². The van der Waals surface area contributed by atoms with Gasteiger partial charge in [-0.1, -0.05) is 0 Å². The van der Waals surface area contributed by atoms with Crippen LogP contribution in [0.4, 0.5) is 5.69 Å². The summed E-state index contributed by atoms with van der Waals surface area (Å²) in [5, 5.41) is 19.0. The summed E-state index contributed by atoms with van der Waals surface area (Å²) in [4.78, 5) is 0. The predicted octanol–water partition coefficient (Wildman–Crippen LogP) is 2.46. The lowest BCUT2D eigenvalue weighted by Crippen LogP contribution is -2.07. The van der Waals surface area contributed by atoms with Crippen LogP contribution in [0, 0.1) is 11.3 Å². The molecule has 2 rings (SSSR count). The van der Waals surface area contributed by atoms with Gasteiger partial charge in [0, 0.05) is 17.8 Å². The van der Waals surface area contributed by atoms with Gasteiger partial charge in [0.05, 0.1) is 30.6 Å². The zero-order valence-electron chi connectivity index (χ0n) is 10.3. The maximum atomic E-state index is 9.08. The molecule has 0 aliphatic heterocycles. The Kier molecular flexibility index (Phi) is 3.49. The maximum absolute atomic E-state index is 9.08. The van der Waals surface area contributed by atoms with E-state index in [0.29, 0.717) is 5.56 Å². The minimum atomic E-state index is 0.0583. The van der Waals surface area contributed by atoms with Crippen molar-refractivity contribution in [2.24, 2.45) is 0 Å². The fourth-order valence-electron chi connectivity index (χ4n) is 1.68. The van der Waals surface area contributed by atoms with Gasteiger partial charge >= 0.3 is 0 Å². The molecule has 0 saturated heterocycles. The normalized spacial score (nSPS) is 11.6. The second kappa shape index (κ2) is 5.23. The molecule has 92 valence electrons. The van der Waals surface area contributed by atoms with E-state index in [1.54, 1.807) is 25.4 Å². The van der Waals surface area contributed by atoms with Gasteiger partial charge in [0.2, 0.25) is 0 Å². The zero-order chi connectivity index (χ0) is 13.0. The molecule has 0 bridgehead atoms. The lowest BCUT2D eigenvalue weighted by molar-refractivity contribution is 0.415. The number of ether oxygens (including phenoxy) is 1. The van der Waals surface area contributed by atoms with Crippen molar-refractivity contribution in [3.8, 4) is 11.8 Å². The van der Waals surface area contributed by atoms with Crippen LogP contribution in [-0.2, 0) is 0 Å². The topological polar surface area (TPSA) is 73.7 Å². The number of aromatic nitrogens is 2. The molecule has 1 atom stereocenters. The number of benzene rings is 1. The third-order valence-electron chi connectivity index (χ3n) is 2.74. The fourth-order valence-corrected chi connectivity index (χ4v) is 1.68. The molecule has 2 N–H and O–H groups in total. The Balaban J connectivity index is 2.25. The summed E-state index contributed by atoms with van der Waals surface area (Å²) in [5.74, 6) is 0.718. The smallest absolute Gasteiger partial charge is 0.121 e. The summed E-state index contributed by atoms with van der Waals surface area (Å²) in [7, 11) is 1.60. The van der Waals surface area contributed by atoms with E-state index in [1.807, 2.05) is 19.2 Å². The van der Waals surface area contributed by atoms with Crippen LogP contribution in [0.3, 0.4) is 0 Å². The Hall–Kier alpha value is -2.48.